The van der Waals surface area contributed by atoms with Crippen LogP contribution in [0.2, 0.25) is 0 Å². The van der Waals surface area contributed by atoms with Crippen LogP contribution in [0.4, 0.5) is 28.4 Å². The molecule has 4 heteroatoms. The van der Waals surface area contributed by atoms with Crippen molar-refractivity contribution in [1.29, 1.82) is 0 Å². The van der Waals surface area contributed by atoms with E-state index in [1.165, 1.54) is 32.0 Å². The third-order valence-corrected chi connectivity index (χ3v) is 5.10. The quantitative estimate of drug-likeness (QED) is 0.549. The molecule has 23 heavy (non-hydrogen) atoms. The first kappa shape index (κ1) is 13.2. The molecule has 0 bridgehead atoms. The molecule has 1 N–H and O–H groups in total. The monoisotopic (exact) mass is 411 g/mol. The molecule has 0 fully saturated rings. The Labute approximate surface area is 148 Å². The molecule has 1 unspecified atom stereocenters. The van der Waals surface area contributed by atoms with Gasteiger partial charge in [0.1, 0.15) is 0 Å². The Morgan fingerprint density at radius 3 is 2.39 bits per heavy atom. The lowest BCUT2D eigenvalue weighted by atomic mass is 10.2. The lowest BCUT2D eigenvalue weighted by Gasteiger charge is -2.27. The summed E-state index contributed by atoms with van der Waals surface area (Å²) in [7, 11) is 0. The molecule has 0 saturated carbocycles. The fourth-order valence-corrected chi connectivity index (χ4v) is 3.95. The van der Waals surface area contributed by atoms with Crippen molar-refractivity contribution in [3.8, 4) is 0 Å². The van der Waals surface area contributed by atoms with E-state index in [0.717, 1.165) is 0 Å². The summed E-state index contributed by atoms with van der Waals surface area (Å²) in [5, 5.41) is 3.66. The number of halogens is 1. The van der Waals surface area contributed by atoms with Crippen LogP contribution in [0, 0.1) is 3.57 Å². The van der Waals surface area contributed by atoms with Crippen LogP contribution in [0.5, 0.6) is 0 Å². The number of nitrogens with zero attached hydrogens (tertiary/aromatic N) is 2. The lowest BCUT2D eigenvalue weighted by Crippen LogP contribution is -2.40. The molecular formula is C19H14IN3. The van der Waals surface area contributed by atoms with Crippen LogP contribution >= 0.6 is 22.6 Å². The first-order valence-corrected chi connectivity index (χ1v) is 8.69. The molecule has 3 nitrogen and oxygen atoms in total. The highest BCUT2D eigenvalue weighted by Gasteiger charge is 2.42. The fraction of sp³-hybridized carbons (Fsp3) is 0.0526. The smallest absolute Gasteiger partial charge is 0.187 e. The first-order chi connectivity index (χ1) is 11.3. The molecule has 0 aliphatic carbocycles. The maximum Gasteiger partial charge on any atom is 0.187 e. The Bertz CT molecular complexity index is 894. The largest absolute Gasteiger partial charge is 0.346 e. The van der Waals surface area contributed by atoms with Crippen molar-refractivity contribution in [1.82, 2.24) is 0 Å². The third kappa shape index (κ3) is 1.88. The van der Waals surface area contributed by atoms with Gasteiger partial charge in [0, 0.05) is 9.26 Å². The Balaban J connectivity index is 1.74. The van der Waals surface area contributed by atoms with Crippen molar-refractivity contribution in [2.75, 3.05) is 15.1 Å². The van der Waals surface area contributed by atoms with Gasteiger partial charge in [-0.2, -0.15) is 0 Å². The molecule has 0 aromatic heterocycles. The zero-order chi connectivity index (χ0) is 15.4. The van der Waals surface area contributed by atoms with Crippen LogP contribution in [-0.2, 0) is 0 Å². The lowest BCUT2D eigenvalue weighted by molar-refractivity contribution is 0.808. The van der Waals surface area contributed by atoms with E-state index in [-0.39, 0.29) is 6.29 Å². The molecule has 0 saturated heterocycles. The Hall–Kier alpha value is -2.21. The van der Waals surface area contributed by atoms with Gasteiger partial charge in [0.15, 0.2) is 6.29 Å². The van der Waals surface area contributed by atoms with E-state index in [9.17, 15) is 0 Å². The summed E-state index contributed by atoms with van der Waals surface area (Å²) in [6.07, 6.45) is 0.0861. The van der Waals surface area contributed by atoms with Gasteiger partial charge in [0.05, 0.1) is 22.7 Å². The van der Waals surface area contributed by atoms with Gasteiger partial charge >= 0.3 is 0 Å². The van der Waals surface area contributed by atoms with Gasteiger partial charge in [-0.15, -0.1) is 0 Å². The van der Waals surface area contributed by atoms with Gasteiger partial charge in [-0.1, -0.05) is 30.3 Å². The van der Waals surface area contributed by atoms with Gasteiger partial charge in [-0.05, 0) is 65.1 Å². The maximum atomic E-state index is 3.66. The minimum Gasteiger partial charge on any atom is -0.346 e. The number of benzene rings is 3. The molecule has 5 rings (SSSR count). The zero-order valence-electron chi connectivity index (χ0n) is 12.3. The third-order valence-electron chi connectivity index (χ3n) is 4.43. The van der Waals surface area contributed by atoms with Crippen LogP contribution in [0.1, 0.15) is 0 Å². The molecule has 2 aliphatic heterocycles. The van der Waals surface area contributed by atoms with Gasteiger partial charge in [-0.3, -0.25) is 4.90 Å². The van der Waals surface area contributed by atoms with Crippen LogP contribution < -0.4 is 15.1 Å². The van der Waals surface area contributed by atoms with E-state index >= 15 is 0 Å². The molecule has 112 valence electrons. The molecule has 0 radical (unpaired) electrons. The summed E-state index contributed by atoms with van der Waals surface area (Å²) >= 11 is 2.38. The highest BCUT2D eigenvalue weighted by molar-refractivity contribution is 14.1. The molecule has 2 heterocycles. The predicted molar refractivity (Wildman–Crippen MR) is 104 cm³/mol. The summed E-state index contributed by atoms with van der Waals surface area (Å²) in [6.45, 7) is 0. The number of para-hydroxylation sites is 3. The summed E-state index contributed by atoms with van der Waals surface area (Å²) in [5.74, 6) is 0. The topological polar surface area (TPSA) is 18.5 Å². The van der Waals surface area contributed by atoms with Crippen molar-refractivity contribution in [3.05, 3.63) is 76.4 Å². The van der Waals surface area contributed by atoms with E-state index in [1.54, 1.807) is 0 Å². The Morgan fingerprint density at radius 1 is 0.739 bits per heavy atom. The van der Waals surface area contributed by atoms with Crippen LogP contribution in [-0.4, -0.2) is 6.29 Å². The van der Waals surface area contributed by atoms with Crippen LogP contribution in [0.3, 0.4) is 0 Å². The second-order valence-electron chi connectivity index (χ2n) is 5.74. The van der Waals surface area contributed by atoms with Gasteiger partial charge in [0.25, 0.3) is 0 Å². The van der Waals surface area contributed by atoms with Gasteiger partial charge < -0.3 is 10.2 Å². The number of anilines is 5. The standard InChI is InChI=1S/C19H14IN3/c20-13-10-11-17-18(12-13)23-16-9-5-4-8-15(16)21-19(23)22(17)14-6-2-1-3-7-14/h1-12,19,21H. The van der Waals surface area contributed by atoms with Crippen molar-refractivity contribution >= 4 is 51.0 Å². The van der Waals surface area contributed by atoms with E-state index in [0.29, 0.717) is 0 Å². The minimum atomic E-state index is 0.0861. The van der Waals surface area contributed by atoms with Crippen molar-refractivity contribution in [2.24, 2.45) is 0 Å². The summed E-state index contributed by atoms with van der Waals surface area (Å²) in [4.78, 5) is 4.76. The van der Waals surface area contributed by atoms with Crippen LogP contribution in [0.15, 0.2) is 72.8 Å². The van der Waals surface area contributed by atoms with Crippen molar-refractivity contribution in [3.63, 3.8) is 0 Å². The summed E-state index contributed by atoms with van der Waals surface area (Å²) in [5.41, 5.74) is 6.11. The minimum absolute atomic E-state index is 0.0861. The highest BCUT2D eigenvalue weighted by Crippen LogP contribution is 2.52. The van der Waals surface area contributed by atoms with E-state index in [4.69, 9.17) is 0 Å². The molecule has 3 aromatic rings. The van der Waals surface area contributed by atoms with E-state index in [2.05, 4.69) is 111 Å². The number of nitrogens with one attached hydrogen (secondary N) is 1. The van der Waals surface area contributed by atoms with Crippen LogP contribution in [0.25, 0.3) is 0 Å². The molecular weight excluding hydrogens is 397 g/mol. The highest BCUT2D eigenvalue weighted by atomic mass is 127. The fourth-order valence-electron chi connectivity index (χ4n) is 3.48. The average Bonchev–Trinajstić information content (AvgIpc) is 3.10. The predicted octanol–water partition coefficient (Wildman–Crippen LogP) is 5.29. The van der Waals surface area contributed by atoms with E-state index in [1.807, 2.05) is 0 Å². The number of hydrogen-bond donors (Lipinski definition) is 1. The molecule has 3 aromatic carbocycles. The molecule has 0 spiro atoms. The van der Waals surface area contributed by atoms with Gasteiger partial charge in [0.2, 0.25) is 0 Å². The molecule has 1 atom stereocenters. The second kappa shape index (κ2) is 4.89. The van der Waals surface area contributed by atoms with E-state index < -0.39 is 0 Å². The maximum absolute atomic E-state index is 3.66. The number of fused-ring (bicyclic) bond motifs is 5. The first-order valence-electron chi connectivity index (χ1n) is 7.61. The summed E-state index contributed by atoms with van der Waals surface area (Å²) in [6, 6.07) is 25.7. The zero-order valence-corrected chi connectivity index (χ0v) is 14.4. The van der Waals surface area contributed by atoms with Crippen molar-refractivity contribution < 1.29 is 0 Å². The normalized spacial score (nSPS) is 17.5. The molecule has 0 amide bonds. The summed E-state index contributed by atoms with van der Waals surface area (Å²) < 4.78 is 1.25. The number of rotatable bonds is 1. The Morgan fingerprint density at radius 2 is 1.52 bits per heavy atom. The number of hydrogen-bond acceptors (Lipinski definition) is 3. The van der Waals surface area contributed by atoms with Crippen molar-refractivity contribution in [2.45, 2.75) is 6.29 Å². The average molecular weight is 411 g/mol. The van der Waals surface area contributed by atoms with Gasteiger partial charge in [-0.25, -0.2) is 0 Å². The molecule has 2 aliphatic rings. The SMILES string of the molecule is Ic1ccc2c(c1)N1c3ccccc3NC1N2c1ccccc1. The Kier molecular flexibility index (Phi) is 2.82. The second-order valence-corrected chi connectivity index (χ2v) is 6.99.